The van der Waals surface area contributed by atoms with Crippen molar-refractivity contribution in [3.8, 4) is 0 Å². The molecule has 1 aromatic heterocycles. The smallest absolute Gasteiger partial charge is 0.335 e. The summed E-state index contributed by atoms with van der Waals surface area (Å²) in [5.41, 5.74) is 9.66. The van der Waals surface area contributed by atoms with Gasteiger partial charge in [-0.15, -0.1) is 0 Å². The first kappa shape index (κ1) is 24.5. The molecule has 0 unspecified atom stereocenters. The second kappa shape index (κ2) is 11.1. The van der Waals surface area contributed by atoms with Crippen LogP contribution in [0.15, 0.2) is 108 Å². The van der Waals surface area contributed by atoms with Gasteiger partial charge in [-0.05, 0) is 97.4 Å². The summed E-state index contributed by atoms with van der Waals surface area (Å²) in [5, 5.41) is 9.30. The van der Waals surface area contributed by atoms with Crippen LogP contribution in [0.3, 0.4) is 0 Å². The molecule has 164 valence electrons. The van der Waals surface area contributed by atoms with Gasteiger partial charge in [0.25, 0.3) is 0 Å². The van der Waals surface area contributed by atoms with Crippen molar-refractivity contribution in [3.63, 3.8) is 0 Å². The van der Waals surface area contributed by atoms with Crippen LogP contribution >= 0.6 is 0 Å². The summed E-state index contributed by atoms with van der Waals surface area (Å²) in [6.07, 6.45) is 9.48. The molecule has 2 rings (SSSR count). The molecule has 32 heavy (non-hydrogen) atoms. The molecule has 1 aromatic carbocycles. The number of hydrogen-bond donors (Lipinski definition) is 1. The van der Waals surface area contributed by atoms with E-state index in [1.165, 1.54) is 0 Å². The van der Waals surface area contributed by atoms with E-state index in [1.807, 2.05) is 56.5 Å². The lowest BCUT2D eigenvalue weighted by molar-refractivity contribution is 0.0697. The molecule has 0 aliphatic heterocycles. The third-order valence-corrected chi connectivity index (χ3v) is 5.35. The quantitative estimate of drug-likeness (QED) is 0.441. The molecular formula is C29H31NO2. The molecule has 0 saturated heterocycles. The fourth-order valence-corrected chi connectivity index (χ4v) is 3.49. The Labute approximate surface area is 191 Å². The SMILES string of the molecule is C=CC(C)=C(/C=C(\C)c1cccnc1)C(=C(C)C)/C(=C(/C)C=C)c1ccc(C(=O)O)cc1. The number of allylic oxidation sites excluding steroid dienone is 10. The average Bonchev–Trinajstić information content (AvgIpc) is 2.80. The van der Waals surface area contributed by atoms with E-state index in [2.05, 4.69) is 45.0 Å². The van der Waals surface area contributed by atoms with Crippen LogP contribution in [-0.2, 0) is 0 Å². The average molecular weight is 426 g/mol. The minimum atomic E-state index is -0.942. The van der Waals surface area contributed by atoms with Crippen molar-refractivity contribution in [1.29, 1.82) is 0 Å². The van der Waals surface area contributed by atoms with E-state index in [9.17, 15) is 9.90 Å². The lowest BCUT2D eigenvalue weighted by Gasteiger charge is -2.21. The van der Waals surface area contributed by atoms with E-state index in [-0.39, 0.29) is 5.56 Å². The Balaban J connectivity index is 2.80. The Kier molecular flexibility index (Phi) is 8.48. The highest BCUT2D eigenvalue weighted by Gasteiger charge is 2.18. The molecule has 0 fully saturated rings. The Morgan fingerprint density at radius 2 is 1.47 bits per heavy atom. The molecule has 0 saturated carbocycles. The van der Waals surface area contributed by atoms with Gasteiger partial charge in [0, 0.05) is 12.4 Å². The van der Waals surface area contributed by atoms with E-state index >= 15 is 0 Å². The highest BCUT2D eigenvalue weighted by atomic mass is 16.4. The van der Waals surface area contributed by atoms with Crippen molar-refractivity contribution in [2.45, 2.75) is 34.6 Å². The van der Waals surface area contributed by atoms with Crippen LogP contribution in [0.25, 0.3) is 11.1 Å². The van der Waals surface area contributed by atoms with Crippen molar-refractivity contribution in [3.05, 3.63) is 125 Å². The number of pyridine rings is 1. The fourth-order valence-electron chi connectivity index (χ4n) is 3.49. The maximum atomic E-state index is 11.3. The third-order valence-electron chi connectivity index (χ3n) is 5.35. The first-order valence-corrected chi connectivity index (χ1v) is 10.5. The molecule has 3 nitrogen and oxygen atoms in total. The summed E-state index contributed by atoms with van der Waals surface area (Å²) in [7, 11) is 0. The summed E-state index contributed by atoms with van der Waals surface area (Å²) < 4.78 is 0. The largest absolute Gasteiger partial charge is 0.478 e. The van der Waals surface area contributed by atoms with Crippen LogP contribution in [0.5, 0.6) is 0 Å². The maximum absolute atomic E-state index is 11.3. The summed E-state index contributed by atoms with van der Waals surface area (Å²) in [4.78, 5) is 15.6. The van der Waals surface area contributed by atoms with Crippen molar-refractivity contribution < 1.29 is 9.90 Å². The van der Waals surface area contributed by atoms with Gasteiger partial charge in [0.05, 0.1) is 5.56 Å². The molecular weight excluding hydrogens is 394 g/mol. The van der Waals surface area contributed by atoms with E-state index in [4.69, 9.17) is 0 Å². The number of nitrogens with zero attached hydrogens (tertiary/aromatic N) is 1. The first-order chi connectivity index (χ1) is 15.2. The van der Waals surface area contributed by atoms with Crippen molar-refractivity contribution in [1.82, 2.24) is 4.98 Å². The number of rotatable bonds is 8. The summed E-state index contributed by atoms with van der Waals surface area (Å²) >= 11 is 0. The van der Waals surface area contributed by atoms with Gasteiger partial charge in [0.15, 0.2) is 0 Å². The molecule has 0 amide bonds. The molecule has 1 N–H and O–H groups in total. The van der Waals surface area contributed by atoms with Gasteiger partial charge in [-0.25, -0.2) is 4.79 Å². The number of carboxylic acids is 1. The number of carboxylic acid groups (broad SMARTS) is 1. The van der Waals surface area contributed by atoms with Crippen molar-refractivity contribution in [2.75, 3.05) is 0 Å². The Hall–Kier alpha value is -3.72. The van der Waals surface area contributed by atoms with Gasteiger partial charge in [-0.3, -0.25) is 4.98 Å². The summed E-state index contributed by atoms with van der Waals surface area (Å²) in [6.45, 7) is 18.3. The number of benzene rings is 1. The Bertz CT molecular complexity index is 1140. The molecule has 0 radical (unpaired) electrons. The van der Waals surface area contributed by atoms with E-state index < -0.39 is 5.97 Å². The molecule has 0 aliphatic carbocycles. The van der Waals surface area contributed by atoms with Crippen LogP contribution in [0.1, 0.15) is 56.1 Å². The molecule has 0 atom stereocenters. The third kappa shape index (κ3) is 5.70. The van der Waals surface area contributed by atoms with Crippen LogP contribution in [0.2, 0.25) is 0 Å². The highest BCUT2D eigenvalue weighted by molar-refractivity contribution is 5.92. The van der Waals surface area contributed by atoms with E-state index in [1.54, 1.807) is 18.3 Å². The summed E-state index contributed by atoms with van der Waals surface area (Å²) in [5.74, 6) is -0.942. The van der Waals surface area contributed by atoms with Gasteiger partial charge >= 0.3 is 5.97 Å². The van der Waals surface area contributed by atoms with Gasteiger partial charge in [-0.2, -0.15) is 0 Å². The fraction of sp³-hybridized carbons (Fsp3) is 0.172. The van der Waals surface area contributed by atoms with Gasteiger partial charge in [0.1, 0.15) is 0 Å². The molecule has 0 bridgehead atoms. The normalized spacial score (nSPS) is 13.0. The predicted octanol–water partition coefficient (Wildman–Crippen LogP) is 7.68. The van der Waals surface area contributed by atoms with Crippen LogP contribution in [-0.4, -0.2) is 16.1 Å². The first-order valence-electron chi connectivity index (χ1n) is 10.5. The second-order valence-electron chi connectivity index (χ2n) is 7.89. The Morgan fingerprint density at radius 3 is 1.94 bits per heavy atom. The van der Waals surface area contributed by atoms with Crippen molar-refractivity contribution in [2.24, 2.45) is 0 Å². The molecule has 1 heterocycles. The van der Waals surface area contributed by atoms with Crippen LogP contribution < -0.4 is 0 Å². The zero-order valence-corrected chi connectivity index (χ0v) is 19.6. The number of aromatic nitrogens is 1. The maximum Gasteiger partial charge on any atom is 0.335 e. The number of aromatic carboxylic acids is 1. The zero-order valence-electron chi connectivity index (χ0n) is 19.6. The second-order valence-corrected chi connectivity index (χ2v) is 7.89. The molecule has 2 aromatic rings. The standard InChI is InChI=1S/C29H31NO2/c1-8-20(5)26(17-22(7)25-11-10-16-30-18-25)27(19(3)4)28(21(6)9-2)23-12-14-24(15-13-23)29(31)32/h8-18H,1-2H2,3-7H3,(H,31,32)/b22-17+,26-20?,28-21-. The van der Waals surface area contributed by atoms with Gasteiger partial charge in [-0.1, -0.05) is 55.2 Å². The predicted molar refractivity (Wildman–Crippen MR) is 135 cm³/mol. The minimum absolute atomic E-state index is 0.258. The Morgan fingerprint density at radius 1 is 0.875 bits per heavy atom. The highest BCUT2D eigenvalue weighted by Crippen LogP contribution is 2.37. The summed E-state index contributed by atoms with van der Waals surface area (Å²) in [6, 6.07) is 10.9. The molecule has 0 spiro atoms. The van der Waals surface area contributed by atoms with Crippen LogP contribution in [0, 0.1) is 0 Å². The molecule has 0 aliphatic rings. The zero-order chi connectivity index (χ0) is 23.8. The van der Waals surface area contributed by atoms with E-state index in [0.29, 0.717) is 0 Å². The van der Waals surface area contributed by atoms with Gasteiger partial charge < -0.3 is 5.11 Å². The molecule has 3 heteroatoms. The number of hydrogen-bond acceptors (Lipinski definition) is 2. The topological polar surface area (TPSA) is 50.2 Å². The lowest BCUT2D eigenvalue weighted by Crippen LogP contribution is -2.02. The van der Waals surface area contributed by atoms with Crippen LogP contribution in [0.4, 0.5) is 0 Å². The lowest BCUT2D eigenvalue weighted by atomic mass is 9.83. The number of carbonyl (C=O) groups is 1. The van der Waals surface area contributed by atoms with Gasteiger partial charge in [0.2, 0.25) is 0 Å². The van der Waals surface area contributed by atoms with Crippen molar-refractivity contribution >= 4 is 17.1 Å². The monoisotopic (exact) mass is 425 g/mol. The van der Waals surface area contributed by atoms with E-state index in [0.717, 1.165) is 50.1 Å². The minimum Gasteiger partial charge on any atom is -0.478 e.